The minimum Gasteiger partial charge on any atom is -0.386 e. The van der Waals surface area contributed by atoms with Crippen LogP contribution in [0.25, 0.3) is 0 Å². The zero-order valence-corrected chi connectivity index (χ0v) is 12.5. The van der Waals surface area contributed by atoms with Crippen molar-refractivity contribution < 1.29 is 5.11 Å². The van der Waals surface area contributed by atoms with Gasteiger partial charge in [0.1, 0.15) is 6.10 Å². The van der Waals surface area contributed by atoms with Gasteiger partial charge in [-0.25, -0.2) is 4.68 Å². The summed E-state index contributed by atoms with van der Waals surface area (Å²) in [4.78, 5) is 0. The molecule has 0 aliphatic heterocycles. The molecule has 4 nitrogen and oxygen atoms in total. The van der Waals surface area contributed by atoms with E-state index < -0.39 is 6.10 Å². The molecule has 4 heteroatoms. The van der Waals surface area contributed by atoms with Gasteiger partial charge in [0.25, 0.3) is 0 Å². The summed E-state index contributed by atoms with van der Waals surface area (Å²) in [5, 5.41) is 19.0. The van der Waals surface area contributed by atoms with E-state index in [9.17, 15) is 5.11 Å². The Bertz CT molecular complexity index is 394. The Morgan fingerprint density at radius 3 is 2.63 bits per heavy atom. The summed E-state index contributed by atoms with van der Waals surface area (Å²) in [6.45, 7) is 7.45. The van der Waals surface area contributed by atoms with E-state index in [1.54, 1.807) is 6.20 Å². The third-order valence-corrected chi connectivity index (χ3v) is 4.36. The van der Waals surface area contributed by atoms with Crippen molar-refractivity contribution in [3.63, 3.8) is 0 Å². The fraction of sp³-hybridized carbons (Fsp3) is 0.867. The number of nitrogens with zero attached hydrogens (tertiary/aromatic N) is 3. The van der Waals surface area contributed by atoms with Crippen LogP contribution in [-0.4, -0.2) is 20.1 Å². The number of aliphatic hydroxyl groups excluding tert-OH is 1. The Kier molecular flexibility index (Phi) is 4.61. The van der Waals surface area contributed by atoms with Crippen LogP contribution in [0.15, 0.2) is 6.20 Å². The number of aromatic nitrogens is 3. The Labute approximate surface area is 116 Å². The largest absolute Gasteiger partial charge is 0.386 e. The molecule has 1 saturated carbocycles. The van der Waals surface area contributed by atoms with Gasteiger partial charge in [0.05, 0.1) is 11.9 Å². The summed E-state index contributed by atoms with van der Waals surface area (Å²) >= 11 is 0. The molecule has 0 amide bonds. The molecule has 19 heavy (non-hydrogen) atoms. The van der Waals surface area contributed by atoms with Gasteiger partial charge in [-0.1, -0.05) is 38.8 Å². The van der Waals surface area contributed by atoms with Crippen LogP contribution in [-0.2, 0) is 6.54 Å². The highest BCUT2D eigenvalue weighted by Crippen LogP contribution is 2.51. The second kappa shape index (κ2) is 6.04. The third kappa shape index (κ3) is 2.99. The topological polar surface area (TPSA) is 50.9 Å². The lowest BCUT2D eigenvalue weighted by molar-refractivity contribution is 0.00488. The molecule has 0 spiro atoms. The van der Waals surface area contributed by atoms with Gasteiger partial charge in [-0.05, 0) is 31.6 Å². The van der Waals surface area contributed by atoms with Crippen LogP contribution in [0.3, 0.4) is 0 Å². The summed E-state index contributed by atoms with van der Waals surface area (Å²) in [6, 6.07) is 0. The first-order valence-corrected chi connectivity index (χ1v) is 7.65. The quantitative estimate of drug-likeness (QED) is 0.858. The van der Waals surface area contributed by atoms with Crippen molar-refractivity contribution >= 4 is 0 Å². The first-order chi connectivity index (χ1) is 9.09. The summed E-state index contributed by atoms with van der Waals surface area (Å²) in [6.07, 6.45) is 8.16. The van der Waals surface area contributed by atoms with E-state index in [4.69, 9.17) is 0 Å². The maximum absolute atomic E-state index is 10.9. The molecule has 0 saturated heterocycles. The predicted octanol–water partition coefficient (Wildman–Crippen LogP) is 3.33. The van der Waals surface area contributed by atoms with E-state index >= 15 is 0 Å². The normalized spacial score (nSPS) is 20.1. The molecule has 1 heterocycles. The molecule has 1 aliphatic carbocycles. The highest BCUT2D eigenvalue weighted by Gasteiger charge is 2.42. The average Bonchev–Trinajstić information content (AvgIpc) is 2.98. The molecule has 1 N–H and O–H groups in total. The van der Waals surface area contributed by atoms with Crippen LogP contribution in [0.1, 0.15) is 71.1 Å². The number of rotatable bonds is 6. The Morgan fingerprint density at radius 1 is 1.37 bits per heavy atom. The Morgan fingerprint density at radius 2 is 2.05 bits per heavy atom. The van der Waals surface area contributed by atoms with Gasteiger partial charge in [0, 0.05) is 12.0 Å². The number of aryl methyl sites for hydroxylation is 1. The molecule has 0 aromatic carbocycles. The van der Waals surface area contributed by atoms with Crippen LogP contribution in [0.4, 0.5) is 0 Å². The molecule has 1 aromatic rings. The Hall–Kier alpha value is -0.900. The van der Waals surface area contributed by atoms with Crippen molar-refractivity contribution in [2.45, 2.75) is 71.9 Å². The van der Waals surface area contributed by atoms with Crippen LogP contribution < -0.4 is 0 Å². The zero-order valence-electron chi connectivity index (χ0n) is 12.5. The van der Waals surface area contributed by atoms with Crippen molar-refractivity contribution in [3.8, 4) is 0 Å². The monoisotopic (exact) mass is 265 g/mol. The number of aliphatic hydroxyl groups is 1. The van der Waals surface area contributed by atoms with Crippen molar-refractivity contribution in [2.24, 2.45) is 11.3 Å². The lowest BCUT2D eigenvalue weighted by atomic mass is 9.73. The third-order valence-electron chi connectivity index (χ3n) is 4.36. The van der Waals surface area contributed by atoms with E-state index in [2.05, 4.69) is 31.1 Å². The first kappa shape index (κ1) is 14.5. The SMILES string of the molecule is CCCn1nncc1C(O)C1(CC(C)C)CCCC1. The van der Waals surface area contributed by atoms with Crippen LogP contribution in [0, 0.1) is 11.3 Å². The molecular weight excluding hydrogens is 238 g/mol. The van der Waals surface area contributed by atoms with E-state index in [0.717, 1.165) is 37.9 Å². The molecule has 1 atom stereocenters. The maximum Gasteiger partial charge on any atom is 0.103 e. The van der Waals surface area contributed by atoms with Crippen molar-refractivity contribution in [1.82, 2.24) is 15.0 Å². The summed E-state index contributed by atoms with van der Waals surface area (Å²) < 4.78 is 1.88. The van der Waals surface area contributed by atoms with Gasteiger partial charge in [-0.15, -0.1) is 5.10 Å². The van der Waals surface area contributed by atoms with Gasteiger partial charge in [-0.3, -0.25) is 0 Å². The van der Waals surface area contributed by atoms with E-state index in [0.29, 0.717) is 5.92 Å². The smallest absolute Gasteiger partial charge is 0.103 e. The fourth-order valence-electron chi connectivity index (χ4n) is 3.66. The van der Waals surface area contributed by atoms with Gasteiger partial charge in [0.2, 0.25) is 0 Å². The summed E-state index contributed by atoms with van der Waals surface area (Å²) in [5.74, 6) is 0.614. The lowest BCUT2D eigenvalue weighted by Gasteiger charge is -2.35. The van der Waals surface area contributed by atoms with Gasteiger partial charge >= 0.3 is 0 Å². The molecular formula is C15H27N3O. The summed E-state index contributed by atoms with van der Waals surface area (Å²) in [7, 11) is 0. The second-order valence-electron chi connectivity index (χ2n) is 6.45. The minimum absolute atomic E-state index is 0.0430. The van der Waals surface area contributed by atoms with E-state index in [1.165, 1.54) is 12.8 Å². The molecule has 1 aromatic heterocycles. The highest BCUT2D eigenvalue weighted by atomic mass is 16.3. The fourth-order valence-corrected chi connectivity index (χ4v) is 3.66. The number of hydrogen-bond acceptors (Lipinski definition) is 3. The highest BCUT2D eigenvalue weighted by molar-refractivity contribution is 5.07. The molecule has 1 fully saturated rings. The Balaban J connectivity index is 2.23. The van der Waals surface area contributed by atoms with Crippen molar-refractivity contribution in [2.75, 3.05) is 0 Å². The molecule has 0 radical (unpaired) electrons. The van der Waals surface area contributed by atoms with Crippen LogP contribution in [0.5, 0.6) is 0 Å². The van der Waals surface area contributed by atoms with Crippen LogP contribution in [0.2, 0.25) is 0 Å². The maximum atomic E-state index is 10.9. The summed E-state index contributed by atoms with van der Waals surface area (Å²) in [5.41, 5.74) is 0.950. The standard InChI is InChI=1S/C15H27N3O/c1-4-9-18-13(11-16-17-18)14(19)15(10-12(2)3)7-5-6-8-15/h11-12,14,19H,4-10H2,1-3H3. The minimum atomic E-state index is -0.418. The van der Waals surface area contributed by atoms with E-state index in [-0.39, 0.29) is 5.41 Å². The van der Waals surface area contributed by atoms with Crippen molar-refractivity contribution in [3.05, 3.63) is 11.9 Å². The van der Waals surface area contributed by atoms with Gasteiger partial charge < -0.3 is 5.11 Å². The second-order valence-corrected chi connectivity index (χ2v) is 6.45. The molecule has 2 rings (SSSR count). The lowest BCUT2D eigenvalue weighted by Crippen LogP contribution is -2.29. The molecule has 1 unspecified atom stereocenters. The van der Waals surface area contributed by atoms with E-state index in [1.807, 2.05) is 4.68 Å². The predicted molar refractivity (Wildman–Crippen MR) is 75.6 cm³/mol. The van der Waals surface area contributed by atoms with Crippen LogP contribution >= 0.6 is 0 Å². The molecule has 108 valence electrons. The van der Waals surface area contributed by atoms with Gasteiger partial charge in [-0.2, -0.15) is 0 Å². The molecule has 0 bridgehead atoms. The zero-order chi connectivity index (χ0) is 13.9. The van der Waals surface area contributed by atoms with Gasteiger partial charge in [0.15, 0.2) is 0 Å². The first-order valence-electron chi connectivity index (χ1n) is 7.65. The number of hydrogen-bond donors (Lipinski definition) is 1. The average molecular weight is 265 g/mol. The molecule has 1 aliphatic rings. The van der Waals surface area contributed by atoms with Crippen molar-refractivity contribution in [1.29, 1.82) is 0 Å².